The molecule has 0 aliphatic rings. The topological polar surface area (TPSA) is 56.5 Å². The summed E-state index contributed by atoms with van der Waals surface area (Å²) >= 11 is 0. The van der Waals surface area contributed by atoms with Gasteiger partial charge in [0.1, 0.15) is 11.3 Å². The van der Waals surface area contributed by atoms with Gasteiger partial charge in [0.2, 0.25) is 0 Å². The number of fused-ring (bicyclic) bond motifs is 1. The van der Waals surface area contributed by atoms with Gasteiger partial charge in [0.25, 0.3) is 0 Å². The smallest absolute Gasteiger partial charge is 0.153 e. The number of hydrogen-bond acceptors (Lipinski definition) is 3. The van der Waals surface area contributed by atoms with Crippen LogP contribution in [0.5, 0.6) is 0 Å². The lowest BCUT2D eigenvalue weighted by Crippen LogP contribution is -1.99. The highest BCUT2D eigenvalue weighted by Crippen LogP contribution is 2.20. The van der Waals surface area contributed by atoms with Gasteiger partial charge in [0.15, 0.2) is 5.76 Å². The van der Waals surface area contributed by atoms with Crippen molar-refractivity contribution in [2.45, 2.75) is 6.54 Å². The zero-order valence-electron chi connectivity index (χ0n) is 8.63. The van der Waals surface area contributed by atoms with E-state index < -0.39 is 0 Å². The molecule has 80 valence electrons. The summed E-state index contributed by atoms with van der Waals surface area (Å²) in [5.74, 6) is 0.770. The Morgan fingerprint density at radius 1 is 1.31 bits per heavy atom. The average Bonchev–Trinajstić information content (AvgIpc) is 2.96. The molecule has 3 aromatic rings. The second kappa shape index (κ2) is 3.50. The number of hydrogen-bond donors (Lipinski definition) is 1. The standard InChI is InChI=1S/C12H11N3O/c13-7-9-3-1-5-15-8-10(14-12(9)15)11-4-2-6-16-11/h1-6,8H,7,13H2. The Hall–Kier alpha value is -2.07. The molecular weight excluding hydrogens is 202 g/mol. The van der Waals surface area contributed by atoms with Crippen LogP contribution in [0.3, 0.4) is 0 Å². The molecule has 0 atom stereocenters. The molecule has 4 heteroatoms. The molecule has 0 aliphatic heterocycles. The Morgan fingerprint density at radius 3 is 3.00 bits per heavy atom. The normalized spacial score (nSPS) is 11.1. The lowest BCUT2D eigenvalue weighted by molar-refractivity contribution is 0.580. The van der Waals surface area contributed by atoms with Gasteiger partial charge in [-0.15, -0.1) is 0 Å². The number of aromatic nitrogens is 2. The fourth-order valence-corrected chi connectivity index (χ4v) is 1.77. The second-order valence-electron chi connectivity index (χ2n) is 3.57. The van der Waals surface area contributed by atoms with E-state index in [9.17, 15) is 0 Å². The number of nitrogens with zero attached hydrogens (tertiary/aromatic N) is 2. The molecular formula is C12H11N3O. The molecule has 0 saturated heterocycles. The monoisotopic (exact) mass is 213 g/mol. The van der Waals surface area contributed by atoms with Gasteiger partial charge in [-0.05, 0) is 18.2 Å². The molecule has 0 saturated carbocycles. The lowest BCUT2D eigenvalue weighted by atomic mass is 10.3. The summed E-state index contributed by atoms with van der Waals surface area (Å²) in [4.78, 5) is 4.52. The minimum absolute atomic E-state index is 0.485. The van der Waals surface area contributed by atoms with E-state index in [1.807, 2.05) is 41.1 Å². The van der Waals surface area contributed by atoms with Crippen molar-refractivity contribution in [3.05, 3.63) is 48.5 Å². The zero-order valence-corrected chi connectivity index (χ0v) is 8.63. The molecule has 0 aromatic carbocycles. The highest BCUT2D eigenvalue weighted by atomic mass is 16.3. The molecule has 3 aromatic heterocycles. The van der Waals surface area contributed by atoms with Crippen LogP contribution in [0.4, 0.5) is 0 Å². The molecule has 0 radical (unpaired) electrons. The van der Waals surface area contributed by atoms with Crippen LogP contribution in [0.15, 0.2) is 47.3 Å². The Bertz CT molecular complexity index is 610. The SMILES string of the molecule is NCc1cccn2cc(-c3ccco3)nc12. The van der Waals surface area contributed by atoms with Gasteiger partial charge in [-0.3, -0.25) is 0 Å². The van der Waals surface area contributed by atoms with Crippen LogP contribution in [-0.2, 0) is 6.54 Å². The molecule has 16 heavy (non-hydrogen) atoms. The van der Waals surface area contributed by atoms with Gasteiger partial charge in [-0.25, -0.2) is 4.98 Å². The van der Waals surface area contributed by atoms with Crippen molar-refractivity contribution in [2.24, 2.45) is 5.73 Å². The maximum absolute atomic E-state index is 5.67. The van der Waals surface area contributed by atoms with E-state index in [1.165, 1.54) is 0 Å². The second-order valence-corrected chi connectivity index (χ2v) is 3.57. The van der Waals surface area contributed by atoms with E-state index in [1.54, 1.807) is 6.26 Å². The molecule has 0 aliphatic carbocycles. The Labute approximate surface area is 92.3 Å². The first-order valence-corrected chi connectivity index (χ1v) is 5.09. The predicted molar refractivity (Wildman–Crippen MR) is 60.8 cm³/mol. The third-order valence-corrected chi connectivity index (χ3v) is 2.56. The predicted octanol–water partition coefficient (Wildman–Crippen LogP) is 2.05. The van der Waals surface area contributed by atoms with Gasteiger partial charge >= 0.3 is 0 Å². The summed E-state index contributed by atoms with van der Waals surface area (Å²) in [7, 11) is 0. The average molecular weight is 213 g/mol. The van der Waals surface area contributed by atoms with Gasteiger partial charge in [-0.2, -0.15) is 0 Å². The highest BCUT2D eigenvalue weighted by Gasteiger charge is 2.08. The van der Waals surface area contributed by atoms with E-state index in [0.717, 1.165) is 22.7 Å². The first-order chi connectivity index (χ1) is 7.88. The van der Waals surface area contributed by atoms with Gasteiger partial charge in [0.05, 0.1) is 6.26 Å². The molecule has 3 rings (SSSR count). The van der Waals surface area contributed by atoms with E-state index in [4.69, 9.17) is 10.2 Å². The number of nitrogens with two attached hydrogens (primary N) is 1. The molecule has 3 heterocycles. The summed E-state index contributed by atoms with van der Waals surface area (Å²) in [6.45, 7) is 0.485. The highest BCUT2D eigenvalue weighted by molar-refractivity contribution is 5.59. The van der Waals surface area contributed by atoms with Crippen LogP contribution in [-0.4, -0.2) is 9.38 Å². The molecule has 0 unspecified atom stereocenters. The van der Waals surface area contributed by atoms with Crippen LogP contribution in [0.25, 0.3) is 17.1 Å². The maximum atomic E-state index is 5.67. The third-order valence-electron chi connectivity index (χ3n) is 2.56. The fourth-order valence-electron chi connectivity index (χ4n) is 1.77. The third kappa shape index (κ3) is 1.31. The molecule has 2 N–H and O–H groups in total. The minimum Gasteiger partial charge on any atom is -0.463 e. The van der Waals surface area contributed by atoms with Gasteiger partial charge in [0, 0.05) is 24.5 Å². The molecule has 4 nitrogen and oxygen atoms in total. The summed E-state index contributed by atoms with van der Waals surface area (Å²) in [5.41, 5.74) is 8.41. The van der Waals surface area contributed by atoms with Crippen molar-refractivity contribution in [2.75, 3.05) is 0 Å². The van der Waals surface area contributed by atoms with Crippen molar-refractivity contribution in [3.8, 4) is 11.5 Å². The van der Waals surface area contributed by atoms with Crippen molar-refractivity contribution >= 4 is 5.65 Å². The lowest BCUT2D eigenvalue weighted by Gasteiger charge is -1.97. The number of pyridine rings is 1. The molecule has 0 amide bonds. The molecule has 0 fully saturated rings. The van der Waals surface area contributed by atoms with Crippen LogP contribution in [0.2, 0.25) is 0 Å². The number of rotatable bonds is 2. The Morgan fingerprint density at radius 2 is 2.25 bits per heavy atom. The van der Waals surface area contributed by atoms with Crippen molar-refractivity contribution in [1.29, 1.82) is 0 Å². The maximum Gasteiger partial charge on any atom is 0.153 e. The van der Waals surface area contributed by atoms with Crippen molar-refractivity contribution in [3.63, 3.8) is 0 Å². The quantitative estimate of drug-likeness (QED) is 0.708. The van der Waals surface area contributed by atoms with Gasteiger partial charge in [-0.1, -0.05) is 6.07 Å². The Kier molecular flexibility index (Phi) is 2.01. The van der Waals surface area contributed by atoms with E-state index >= 15 is 0 Å². The van der Waals surface area contributed by atoms with E-state index in [2.05, 4.69) is 4.98 Å². The van der Waals surface area contributed by atoms with Crippen LogP contribution in [0, 0.1) is 0 Å². The number of furan rings is 1. The summed E-state index contributed by atoms with van der Waals surface area (Å²) in [6, 6.07) is 7.68. The van der Waals surface area contributed by atoms with Gasteiger partial charge < -0.3 is 14.6 Å². The molecule has 0 bridgehead atoms. The Balaban J connectivity index is 2.23. The first-order valence-electron chi connectivity index (χ1n) is 5.09. The zero-order chi connectivity index (χ0) is 11.0. The summed E-state index contributed by atoms with van der Waals surface area (Å²) in [6.07, 6.45) is 5.53. The minimum atomic E-state index is 0.485. The van der Waals surface area contributed by atoms with Crippen LogP contribution >= 0.6 is 0 Å². The fraction of sp³-hybridized carbons (Fsp3) is 0.0833. The van der Waals surface area contributed by atoms with E-state index in [-0.39, 0.29) is 0 Å². The largest absolute Gasteiger partial charge is 0.463 e. The summed E-state index contributed by atoms with van der Waals surface area (Å²) in [5, 5.41) is 0. The van der Waals surface area contributed by atoms with Crippen molar-refractivity contribution in [1.82, 2.24) is 9.38 Å². The number of imidazole rings is 1. The van der Waals surface area contributed by atoms with Crippen LogP contribution < -0.4 is 5.73 Å². The molecule has 0 spiro atoms. The van der Waals surface area contributed by atoms with Crippen LogP contribution in [0.1, 0.15) is 5.56 Å². The van der Waals surface area contributed by atoms with Crippen molar-refractivity contribution < 1.29 is 4.42 Å². The first kappa shape index (κ1) is 9.18. The summed E-state index contributed by atoms with van der Waals surface area (Å²) < 4.78 is 7.27. The van der Waals surface area contributed by atoms with E-state index in [0.29, 0.717) is 6.54 Å².